The normalized spacial score (nSPS) is 17.5. The van der Waals surface area contributed by atoms with Crippen molar-refractivity contribution >= 4 is 27.5 Å². The topological polar surface area (TPSA) is 49.6 Å². The number of carbonyl (C=O) groups is 1. The zero-order valence-electron chi connectivity index (χ0n) is 11.4. The Bertz CT molecular complexity index is 468. The van der Waals surface area contributed by atoms with Crippen molar-refractivity contribution in [2.45, 2.75) is 19.9 Å². The first-order valence-electron chi connectivity index (χ1n) is 6.54. The summed E-state index contributed by atoms with van der Waals surface area (Å²) < 4.78 is 1.07. The summed E-state index contributed by atoms with van der Waals surface area (Å²) in [6, 6.07) is 6.30. The lowest BCUT2D eigenvalue weighted by atomic mass is 10.1. The van der Waals surface area contributed by atoms with E-state index in [1.165, 1.54) is 5.69 Å². The van der Waals surface area contributed by atoms with Crippen LogP contribution in [0.15, 0.2) is 22.7 Å². The van der Waals surface area contributed by atoms with Crippen LogP contribution in [0.25, 0.3) is 0 Å². The van der Waals surface area contributed by atoms with Gasteiger partial charge in [0.25, 0.3) is 0 Å². The van der Waals surface area contributed by atoms with E-state index < -0.39 is 0 Å². The summed E-state index contributed by atoms with van der Waals surface area (Å²) in [5.41, 5.74) is 8.18. The highest BCUT2D eigenvalue weighted by atomic mass is 79.9. The number of hydrogen-bond donors (Lipinski definition) is 1. The van der Waals surface area contributed by atoms with Crippen LogP contribution in [0.4, 0.5) is 5.69 Å². The number of benzene rings is 1. The highest BCUT2D eigenvalue weighted by Gasteiger charge is 2.20. The SMILES string of the molecule is CC(=O)N1CCN(c2ccc([C@@H](C)N)cc2Br)CC1. The first-order chi connectivity index (χ1) is 8.99. The predicted molar refractivity (Wildman–Crippen MR) is 81.2 cm³/mol. The van der Waals surface area contributed by atoms with E-state index in [0.29, 0.717) is 0 Å². The van der Waals surface area contributed by atoms with Gasteiger partial charge in [-0.2, -0.15) is 0 Å². The fourth-order valence-corrected chi connectivity index (χ4v) is 2.97. The second kappa shape index (κ2) is 5.92. The molecule has 2 rings (SSSR count). The van der Waals surface area contributed by atoms with Crippen molar-refractivity contribution in [3.05, 3.63) is 28.2 Å². The number of nitrogens with zero attached hydrogens (tertiary/aromatic N) is 2. The highest BCUT2D eigenvalue weighted by Crippen LogP contribution is 2.29. The van der Waals surface area contributed by atoms with Gasteiger partial charge in [0.05, 0.1) is 5.69 Å². The number of piperazine rings is 1. The van der Waals surface area contributed by atoms with E-state index >= 15 is 0 Å². The lowest BCUT2D eigenvalue weighted by Crippen LogP contribution is -2.48. The minimum atomic E-state index is 0.0416. The molecule has 1 aliphatic rings. The molecule has 2 N–H and O–H groups in total. The fraction of sp³-hybridized carbons (Fsp3) is 0.500. The molecule has 0 aliphatic carbocycles. The molecule has 4 nitrogen and oxygen atoms in total. The monoisotopic (exact) mass is 325 g/mol. The van der Waals surface area contributed by atoms with Crippen LogP contribution in [-0.2, 0) is 4.79 Å². The van der Waals surface area contributed by atoms with Gasteiger partial charge < -0.3 is 15.5 Å². The van der Waals surface area contributed by atoms with Gasteiger partial charge in [-0.15, -0.1) is 0 Å². The fourth-order valence-electron chi connectivity index (χ4n) is 2.33. The van der Waals surface area contributed by atoms with Crippen molar-refractivity contribution in [2.24, 2.45) is 5.73 Å². The van der Waals surface area contributed by atoms with E-state index in [1.807, 2.05) is 11.8 Å². The average molecular weight is 326 g/mol. The third kappa shape index (κ3) is 3.28. The predicted octanol–water partition coefficient (Wildman–Crippen LogP) is 2.14. The Morgan fingerprint density at radius 2 is 1.95 bits per heavy atom. The summed E-state index contributed by atoms with van der Waals surface area (Å²) >= 11 is 3.62. The quantitative estimate of drug-likeness (QED) is 0.906. The van der Waals surface area contributed by atoms with Crippen molar-refractivity contribution < 1.29 is 4.79 Å². The second-order valence-electron chi connectivity index (χ2n) is 4.99. The van der Waals surface area contributed by atoms with Crippen LogP contribution in [0, 0.1) is 0 Å². The molecule has 1 aliphatic heterocycles. The van der Waals surface area contributed by atoms with Gasteiger partial charge in [-0.1, -0.05) is 6.07 Å². The summed E-state index contributed by atoms with van der Waals surface area (Å²) in [5.74, 6) is 0.158. The summed E-state index contributed by atoms with van der Waals surface area (Å²) in [6.07, 6.45) is 0. The van der Waals surface area contributed by atoms with E-state index in [2.05, 4.69) is 39.0 Å². The van der Waals surface area contributed by atoms with E-state index in [4.69, 9.17) is 5.73 Å². The minimum Gasteiger partial charge on any atom is -0.367 e. The van der Waals surface area contributed by atoms with Crippen LogP contribution in [0.2, 0.25) is 0 Å². The first-order valence-corrected chi connectivity index (χ1v) is 7.34. The minimum absolute atomic E-state index is 0.0416. The summed E-state index contributed by atoms with van der Waals surface area (Å²) in [6.45, 7) is 6.93. The number of rotatable bonds is 2. The van der Waals surface area contributed by atoms with Crippen molar-refractivity contribution in [2.75, 3.05) is 31.1 Å². The molecule has 0 bridgehead atoms. The molecule has 1 saturated heterocycles. The molecule has 1 amide bonds. The third-order valence-corrected chi connectivity index (χ3v) is 4.20. The van der Waals surface area contributed by atoms with Crippen LogP contribution < -0.4 is 10.6 Å². The maximum Gasteiger partial charge on any atom is 0.219 e. The van der Waals surface area contributed by atoms with Gasteiger partial charge in [0, 0.05) is 43.6 Å². The number of halogens is 1. The van der Waals surface area contributed by atoms with Crippen molar-refractivity contribution in [1.29, 1.82) is 0 Å². The van der Waals surface area contributed by atoms with Crippen molar-refractivity contribution in [3.8, 4) is 0 Å². The highest BCUT2D eigenvalue weighted by molar-refractivity contribution is 9.10. The standard InChI is InChI=1S/C14H20BrN3O/c1-10(16)12-3-4-14(13(15)9-12)18-7-5-17(6-8-18)11(2)19/h3-4,9-10H,5-8,16H2,1-2H3/t10-/m1/s1. The number of amides is 1. The Morgan fingerprint density at radius 1 is 1.32 bits per heavy atom. The molecule has 1 aromatic carbocycles. The Kier molecular flexibility index (Phi) is 4.47. The molecule has 0 aromatic heterocycles. The molecule has 1 atom stereocenters. The first kappa shape index (κ1) is 14.3. The van der Waals surface area contributed by atoms with Gasteiger partial charge in [0.15, 0.2) is 0 Å². The van der Waals surface area contributed by atoms with Crippen molar-refractivity contribution in [3.63, 3.8) is 0 Å². The second-order valence-corrected chi connectivity index (χ2v) is 5.85. The summed E-state index contributed by atoms with van der Waals surface area (Å²) in [4.78, 5) is 15.5. The van der Waals surface area contributed by atoms with Gasteiger partial charge in [0.2, 0.25) is 5.91 Å². The molecule has 0 unspecified atom stereocenters. The van der Waals surface area contributed by atoms with Gasteiger partial charge in [0.1, 0.15) is 0 Å². The molecule has 104 valence electrons. The molecule has 0 radical (unpaired) electrons. The van der Waals surface area contributed by atoms with E-state index in [0.717, 1.165) is 36.2 Å². The van der Waals surface area contributed by atoms with E-state index in [-0.39, 0.29) is 11.9 Å². The largest absolute Gasteiger partial charge is 0.367 e. The number of nitrogens with two attached hydrogens (primary N) is 1. The lowest BCUT2D eigenvalue weighted by Gasteiger charge is -2.36. The van der Waals surface area contributed by atoms with Gasteiger partial charge in [-0.25, -0.2) is 0 Å². The molecule has 1 aromatic rings. The maximum atomic E-state index is 11.3. The Morgan fingerprint density at radius 3 is 2.42 bits per heavy atom. The number of carbonyl (C=O) groups excluding carboxylic acids is 1. The number of hydrogen-bond acceptors (Lipinski definition) is 3. The molecular formula is C14H20BrN3O. The Labute approximate surface area is 122 Å². The summed E-state index contributed by atoms with van der Waals surface area (Å²) in [5, 5.41) is 0. The maximum absolute atomic E-state index is 11.3. The summed E-state index contributed by atoms with van der Waals surface area (Å²) in [7, 11) is 0. The molecule has 1 heterocycles. The third-order valence-electron chi connectivity index (χ3n) is 3.56. The van der Waals surface area contributed by atoms with Crippen LogP contribution in [0.5, 0.6) is 0 Å². The lowest BCUT2D eigenvalue weighted by molar-refractivity contribution is -0.129. The smallest absolute Gasteiger partial charge is 0.219 e. The molecule has 19 heavy (non-hydrogen) atoms. The van der Waals surface area contributed by atoms with Crippen LogP contribution >= 0.6 is 15.9 Å². The molecule has 0 saturated carbocycles. The van der Waals surface area contributed by atoms with Crippen LogP contribution in [0.1, 0.15) is 25.5 Å². The Balaban J connectivity index is 2.09. The van der Waals surface area contributed by atoms with Gasteiger partial charge >= 0.3 is 0 Å². The van der Waals surface area contributed by atoms with Gasteiger partial charge in [-0.3, -0.25) is 4.79 Å². The van der Waals surface area contributed by atoms with E-state index in [9.17, 15) is 4.79 Å². The molecular weight excluding hydrogens is 306 g/mol. The van der Waals surface area contributed by atoms with Crippen LogP contribution in [-0.4, -0.2) is 37.0 Å². The zero-order chi connectivity index (χ0) is 14.0. The van der Waals surface area contributed by atoms with Crippen molar-refractivity contribution in [1.82, 2.24) is 4.90 Å². The molecule has 5 heteroatoms. The zero-order valence-corrected chi connectivity index (χ0v) is 13.0. The average Bonchev–Trinajstić information content (AvgIpc) is 2.38. The van der Waals surface area contributed by atoms with E-state index in [1.54, 1.807) is 6.92 Å². The molecule has 1 fully saturated rings. The Hall–Kier alpha value is -1.07. The van der Waals surface area contributed by atoms with Gasteiger partial charge in [-0.05, 0) is 40.5 Å². The van der Waals surface area contributed by atoms with Crippen LogP contribution in [0.3, 0.4) is 0 Å². The number of anilines is 1. The molecule has 0 spiro atoms.